The molecular formula is C14H28O6. The van der Waals surface area contributed by atoms with Crippen LogP contribution >= 0.6 is 0 Å². The summed E-state index contributed by atoms with van der Waals surface area (Å²) < 4.78 is 30.5. The monoisotopic (exact) mass is 292 g/mol. The highest BCUT2D eigenvalue weighted by atomic mass is 16.6. The molecule has 6 nitrogen and oxygen atoms in total. The minimum Gasteiger partial charge on any atom is -0.379 e. The molecule has 2 unspecified atom stereocenters. The second-order valence-electron chi connectivity index (χ2n) is 4.45. The van der Waals surface area contributed by atoms with E-state index in [0.717, 1.165) is 39.6 Å². The first-order chi connectivity index (χ1) is 9.86. The van der Waals surface area contributed by atoms with E-state index in [9.17, 15) is 0 Å². The molecule has 2 fully saturated rings. The zero-order valence-electron chi connectivity index (χ0n) is 12.7. The van der Waals surface area contributed by atoms with E-state index in [4.69, 9.17) is 28.4 Å². The third-order valence-corrected chi connectivity index (χ3v) is 2.56. The molecule has 0 aromatic heterocycles. The summed E-state index contributed by atoms with van der Waals surface area (Å²) in [6, 6.07) is 0. The topological polar surface area (TPSA) is 62.0 Å². The molecule has 120 valence electrons. The van der Waals surface area contributed by atoms with E-state index in [1.54, 1.807) is 0 Å². The lowest BCUT2D eigenvalue weighted by Crippen LogP contribution is -2.10. The quantitative estimate of drug-likeness (QED) is 0.393. The van der Waals surface area contributed by atoms with Gasteiger partial charge in [0.25, 0.3) is 0 Å². The Balaban J connectivity index is 0.000000221. The van der Waals surface area contributed by atoms with Crippen LogP contribution in [0.4, 0.5) is 0 Å². The van der Waals surface area contributed by atoms with Crippen LogP contribution in [0.15, 0.2) is 0 Å². The van der Waals surface area contributed by atoms with E-state index in [-0.39, 0.29) is 0 Å². The Morgan fingerprint density at radius 2 is 1.05 bits per heavy atom. The van der Waals surface area contributed by atoms with Crippen molar-refractivity contribution in [2.24, 2.45) is 0 Å². The Kier molecular flexibility index (Phi) is 11.1. The molecule has 20 heavy (non-hydrogen) atoms. The fraction of sp³-hybridized carbons (Fsp3) is 1.00. The first-order valence-corrected chi connectivity index (χ1v) is 7.41. The Labute approximate surface area is 121 Å². The fourth-order valence-corrected chi connectivity index (χ4v) is 1.28. The Hall–Kier alpha value is -0.240. The van der Waals surface area contributed by atoms with Gasteiger partial charge in [-0.15, -0.1) is 0 Å². The molecule has 0 bridgehead atoms. The van der Waals surface area contributed by atoms with Gasteiger partial charge in [0.15, 0.2) is 0 Å². The molecule has 2 atom stereocenters. The minimum absolute atomic E-state index is 0.358. The normalized spacial score (nSPS) is 23.1. The first kappa shape index (κ1) is 17.8. The average molecular weight is 292 g/mol. The van der Waals surface area contributed by atoms with Crippen LogP contribution in [-0.4, -0.2) is 78.3 Å². The van der Waals surface area contributed by atoms with Crippen molar-refractivity contribution in [3.63, 3.8) is 0 Å². The maximum Gasteiger partial charge on any atom is 0.104 e. The summed E-state index contributed by atoms with van der Waals surface area (Å²) in [6.07, 6.45) is 0.716. The van der Waals surface area contributed by atoms with Gasteiger partial charge >= 0.3 is 0 Å². The van der Waals surface area contributed by atoms with Crippen molar-refractivity contribution in [2.75, 3.05) is 66.1 Å². The van der Waals surface area contributed by atoms with Gasteiger partial charge in [0, 0.05) is 13.2 Å². The van der Waals surface area contributed by atoms with Crippen LogP contribution in [0.5, 0.6) is 0 Å². The zero-order chi connectivity index (χ0) is 14.5. The van der Waals surface area contributed by atoms with Crippen molar-refractivity contribution in [3.05, 3.63) is 0 Å². The number of hydrogen-bond donors (Lipinski definition) is 0. The van der Waals surface area contributed by atoms with Crippen molar-refractivity contribution < 1.29 is 28.4 Å². The highest BCUT2D eigenvalue weighted by Gasteiger charge is 2.23. The smallest absolute Gasteiger partial charge is 0.104 e. The minimum atomic E-state index is 0.358. The lowest BCUT2D eigenvalue weighted by molar-refractivity contribution is 0.0366. The molecule has 0 aliphatic carbocycles. The van der Waals surface area contributed by atoms with E-state index in [2.05, 4.69) is 0 Å². The molecule has 0 spiro atoms. The third kappa shape index (κ3) is 12.8. The number of ether oxygens (including phenoxy) is 6. The van der Waals surface area contributed by atoms with Gasteiger partial charge in [-0.1, -0.05) is 0 Å². The maximum absolute atomic E-state index is 5.27. The lowest BCUT2D eigenvalue weighted by atomic mass is 10.5. The maximum atomic E-state index is 5.27. The predicted molar refractivity (Wildman–Crippen MR) is 74.1 cm³/mol. The third-order valence-electron chi connectivity index (χ3n) is 2.56. The highest BCUT2D eigenvalue weighted by molar-refractivity contribution is 4.68. The van der Waals surface area contributed by atoms with Crippen molar-refractivity contribution in [2.45, 2.75) is 26.1 Å². The van der Waals surface area contributed by atoms with E-state index in [0.29, 0.717) is 38.6 Å². The summed E-state index contributed by atoms with van der Waals surface area (Å²) in [6.45, 7) is 11.4. The van der Waals surface area contributed by atoms with Gasteiger partial charge in [0.2, 0.25) is 0 Å². The molecular weight excluding hydrogens is 264 g/mol. The molecule has 2 aliphatic rings. The largest absolute Gasteiger partial charge is 0.379 e. The van der Waals surface area contributed by atoms with Crippen LogP contribution in [-0.2, 0) is 28.4 Å². The SMILES string of the molecule is C(COCC1CO1)OCC1CO1.CCOCCOCC. The summed E-state index contributed by atoms with van der Waals surface area (Å²) in [7, 11) is 0. The standard InChI is InChI=1S/C8H14O4.C6H14O2/c1(9-3-7-5-11-7)2-10-4-8-6-12-8;1-3-7-5-6-8-4-2/h7-8H,1-6H2;3-6H2,1-2H3. The summed E-state index contributed by atoms with van der Waals surface area (Å²) in [5, 5.41) is 0. The Morgan fingerprint density at radius 1 is 0.700 bits per heavy atom. The Bertz CT molecular complexity index is 184. The van der Waals surface area contributed by atoms with Crippen LogP contribution in [0.25, 0.3) is 0 Å². The van der Waals surface area contributed by atoms with Gasteiger partial charge in [-0.05, 0) is 13.8 Å². The fourth-order valence-electron chi connectivity index (χ4n) is 1.28. The van der Waals surface area contributed by atoms with Gasteiger partial charge in [-0.3, -0.25) is 0 Å². The molecule has 0 N–H and O–H groups in total. The van der Waals surface area contributed by atoms with E-state index >= 15 is 0 Å². The molecule has 2 rings (SSSR count). The van der Waals surface area contributed by atoms with Gasteiger partial charge in [-0.2, -0.15) is 0 Å². The number of hydrogen-bond acceptors (Lipinski definition) is 6. The summed E-state index contributed by atoms with van der Waals surface area (Å²) in [5.74, 6) is 0. The van der Waals surface area contributed by atoms with Crippen molar-refractivity contribution >= 4 is 0 Å². The van der Waals surface area contributed by atoms with Crippen molar-refractivity contribution in [1.82, 2.24) is 0 Å². The molecule has 2 aliphatic heterocycles. The van der Waals surface area contributed by atoms with Gasteiger partial charge in [0.05, 0.1) is 52.9 Å². The van der Waals surface area contributed by atoms with Gasteiger partial charge < -0.3 is 28.4 Å². The molecule has 0 aromatic carbocycles. The van der Waals surface area contributed by atoms with E-state index < -0.39 is 0 Å². The number of rotatable bonds is 12. The van der Waals surface area contributed by atoms with E-state index in [1.165, 1.54) is 0 Å². The highest BCUT2D eigenvalue weighted by Crippen LogP contribution is 2.09. The summed E-state index contributed by atoms with van der Waals surface area (Å²) >= 11 is 0. The van der Waals surface area contributed by atoms with Crippen LogP contribution in [0, 0.1) is 0 Å². The number of epoxide rings is 2. The lowest BCUT2D eigenvalue weighted by Gasteiger charge is -2.02. The zero-order valence-corrected chi connectivity index (χ0v) is 12.7. The molecule has 0 amide bonds. The van der Waals surface area contributed by atoms with Gasteiger partial charge in [-0.25, -0.2) is 0 Å². The summed E-state index contributed by atoms with van der Waals surface area (Å²) in [4.78, 5) is 0. The van der Waals surface area contributed by atoms with Crippen LogP contribution in [0.3, 0.4) is 0 Å². The second-order valence-corrected chi connectivity index (χ2v) is 4.45. The van der Waals surface area contributed by atoms with Crippen molar-refractivity contribution in [3.8, 4) is 0 Å². The van der Waals surface area contributed by atoms with Crippen LogP contribution < -0.4 is 0 Å². The Morgan fingerprint density at radius 3 is 1.35 bits per heavy atom. The molecule has 0 saturated carbocycles. The first-order valence-electron chi connectivity index (χ1n) is 7.41. The van der Waals surface area contributed by atoms with E-state index in [1.807, 2.05) is 13.8 Å². The predicted octanol–water partition coefficient (Wildman–Crippen LogP) is 0.877. The molecule has 0 radical (unpaired) electrons. The second kappa shape index (κ2) is 12.5. The average Bonchev–Trinajstić information content (AvgIpc) is 3.34. The van der Waals surface area contributed by atoms with Crippen LogP contribution in [0.1, 0.15) is 13.8 Å². The van der Waals surface area contributed by atoms with Gasteiger partial charge in [0.1, 0.15) is 12.2 Å². The van der Waals surface area contributed by atoms with Crippen molar-refractivity contribution in [1.29, 1.82) is 0 Å². The molecule has 2 saturated heterocycles. The molecule has 0 aromatic rings. The summed E-state index contributed by atoms with van der Waals surface area (Å²) in [5.41, 5.74) is 0. The molecule has 2 heterocycles. The van der Waals surface area contributed by atoms with Crippen LogP contribution in [0.2, 0.25) is 0 Å². The molecule has 6 heteroatoms.